The molecule has 82 valence electrons. The van der Waals surface area contributed by atoms with Crippen LogP contribution in [0.3, 0.4) is 0 Å². The van der Waals surface area contributed by atoms with E-state index in [4.69, 9.17) is 0 Å². The monoisotopic (exact) mass is 206 g/mol. The molecule has 0 bridgehead atoms. The maximum absolute atomic E-state index is 9.77. The van der Waals surface area contributed by atoms with Crippen LogP contribution in [0.5, 0.6) is 0 Å². The summed E-state index contributed by atoms with van der Waals surface area (Å²) in [6, 6.07) is 4.27. The smallest absolute Gasteiger partial charge is 0.0693 e. The Labute approximate surface area is 90.5 Å². The van der Waals surface area contributed by atoms with Gasteiger partial charge in [0, 0.05) is 25.0 Å². The topological polar surface area (TPSA) is 45.1 Å². The maximum atomic E-state index is 9.77. The van der Waals surface area contributed by atoms with Crippen molar-refractivity contribution in [3.8, 4) is 0 Å². The number of aromatic nitrogens is 1. The zero-order valence-electron chi connectivity index (χ0n) is 8.89. The van der Waals surface area contributed by atoms with Gasteiger partial charge < -0.3 is 10.4 Å². The molecule has 1 saturated carbocycles. The van der Waals surface area contributed by atoms with E-state index in [9.17, 15) is 5.11 Å². The van der Waals surface area contributed by atoms with Crippen LogP contribution in [0.15, 0.2) is 24.5 Å². The Kier molecular flexibility index (Phi) is 3.69. The molecule has 3 heteroatoms. The molecule has 1 aliphatic carbocycles. The Morgan fingerprint density at radius 2 is 2.00 bits per heavy atom. The quantitative estimate of drug-likeness (QED) is 0.787. The molecule has 0 spiro atoms. The second-order valence-electron chi connectivity index (χ2n) is 4.19. The van der Waals surface area contributed by atoms with Gasteiger partial charge in [0.1, 0.15) is 0 Å². The minimum absolute atomic E-state index is 0.166. The summed E-state index contributed by atoms with van der Waals surface area (Å²) in [4.78, 5) is 3.98. The molecule has 0 amide bonds. The summed E-state index contributed by atoms with van der Waals surface area (Å²) < 4.78 is 0. The summed E-state index contributed by atoms with van der Waals surface area (Å²) in [6.07, 6.45) is 7.85. The highest BCUT2D eigenvalue weighted by atomic mass is 16.3. The Hall–Kier alpha value is -0.930. The highest BCUT2D eigenvalue weighted by Crippen LogP contribution is 2.18. The largest absolute Gasteiger partial charge is 0.392 e. The SMILES string of the molecule is OC1CCCCC1NCc1ccncc1. The Morgan fingerprint density at radius 1 is 1.27 bits per heavy atom. The van der Waals surface area contributed by atoms with Gasteiger partial charge in [0.25, 0.3) is 0 Å². The van der Waals surface area contributed by atoms with Gasteiger partial charge in [0.05, 0.1) is 6.10 Å². The summed E-state index contributed by atoms with van der Waals surface area (Å²) >= 11 is 0. The number of aliphatic hydroxyl groups is 1. The van der Waals surface area contributed by atoms with E-state index >= 15 is 0 Å². The van der Waals surface area contributed by atoms with Gasteiger partial charge in [0.15, 0.2) is 0 Å². The first-order valence-electron chi connectivity index (χ1n) is 5.66. The van der Waals surface area contributed by atoms with Gasteiger partial charge in [-0.2, -0.15) is 0 Å². The average Bonchev–Trinajstić information content (AvgIpc) is 2.29. The lowest BCUT2D eigenvalue weighted by molar-refractivity contribution is 0.0902. The van der Waals surface area contributed by atoms with Crippen LogP contribution in [-0.2, 0) is 6.54 Å². The fourth-order valence-electron chi connectivity index (χ4n) is 2.10. The predicted molar refractivity (Wildman–Crippen MR) is 59.3 cm³/mol. The zero-order chi connectivity index (χ0) is 10.5. The minimum Gasteiger partial charge on any atom is -0.392 e. The van der Waals surface area contributed by atoms with Crippen molar-refractivity contribution in [2.75, 3.05) is 0 Å². The molecule has 0 aromatic carbocycles. The summed E-state index contributed by atoms with van der Waals surface area (Å²) in [5, 5.41) is 13.2. The third-order valence-electron chi connectivity index (χ3n) is 3.05. The average molecular weight is 206 g/mol. The molecule has 0 radical (unpaired) electrons. The third kappa shape index (κ3) is 3.01. The van der Waals surface area contributed by atoms with Crippen LogP contribution < -0.4 is 5.32 Å². The lowest BCUT2D eigenvalue weighted by Crippen LogP contribution is -2.41. The summed E-state index contributed by atoms with van der Waals surface area (Å²) in [5.41, 5.74) is 1.22. The summed E-state index contributed by atoms with van der Waals surface area (Å²) in [5.74, 6) is 0. The minimum atomic E-state index is -0.166. The van der Waals surface area contributed by atoms with E-state index < -0.39 is 0 Å². The summed E-state index contributed by atoms with van der Waals surface area (Å²) in [7, 11) is 0. The van der Waals surface area contributed by atoms with Crippen molar-refractivity contribution in [3.63, 3.8) is 0 Å². The molecule has 1 heterocycles. The highest BCUT2D eigenvalue weighted by molar-refractivity contribution is 5.09. The van der Waals surface area contributed by atoms with E-state index in [1.54, 1.807) is 12.4 Å². The van der Waals surface area contributed by atoms with Crippen molar-refractivity contribution < 1.29 is 5.11 Å². The van der Waals surface area contributed by atoms with E-state index in [0.717, 1.165) is 25.8 Å². The molecule has 2 rings (SSSR count). The number of rotatable bonds is 3. The number of aliphatic hydroxyl groups excluding tert-OH is 1. The van der Waals surface area contributed by atoms with Gasteiger partial charge in [-0.3, -0.25) is 4.98 Å². The van der Waals surface area contributed by atoms with Crippen LogP contribution >= 0.6 is 0 Å². The molecule has 2 atom stereocenters. The van der Waals surface area contributed by atoms with Crippen LogP contribution in [0.1, 0.15) is 31.2 Å². The van der Waals surface area contributed by atoms with Gasteiger partial charge in [-0.05, 0) is 30.5 Å². The Balaban J connectivity index is 1.82. The molecule has 2 unspecified atom stereocenters. The second-order valence-corrected chi connectivity index (χ2v) is 4.19. The lowest BCUT2D eigenvalue weighted by Gasteiger charge is -2.28. The summed E-state index contributed by atoms with van der Waals surface area (Å²) in [6.45, 7) is 0.824. The first-order valence-corrected chi connectivity index (χ1v) is 5.66. The fraction of sp³-hybridized carbons (Fsp3) is 0.583. The van der Waals surface area contributed by atoms with Gasteiger partial charge in [0.2, 0.25) is 0 Å². The van der Waals surface area contributed by atoms with Gasteiger partial charge in [-0.15, -0.1) is 0 Å². The molecule has 0 aliphatic heterocycles. The molecule has 15 heavy (non-hydrogen) atoms. The molecule has 1 aromatic heterocycles. The number of hydrogen-bond acceptors (Lipinski definition) is 3. The first-order chi connectivity index (χ1) is 7.36. The van der Waals surface area contributed by atoms with Crippen LogP contribution in [0.2, 0.25) is 0 Å². The molecule has 3 nitrogen and oxygen atoms in total. The zero-order valence-corrected chi connectivity index (χ0v) is 8.89. The van der Waals surface area contributed by atoms with E-state index in [1.165, 1.54) is 12.0 Å². The van der Waals surface area contributed by atoms with E-state index in [-0.39, 0.29) is 12.1 Å². The number of nitrogens with zero attached hydrogens (tertiary/aromatic N) is 1. The lowest BCUT2D eigenvalue weighted by atomic mass is 9.92. The van der Waals surface area contributed by atoms with Crippen molar-refractivity contribution in [1.29, 1.82) is 0 Å². The van der Waals surface area contributed by atoms with Crippen molar-refractivity contribution in [2.45, 2.75) is 44.4 Å². The Morgan fingerprint density at radius 3 is 2.73 bits per heavy atom. The molecule has 1 fully saturated rings. The normalized spacial score (nSPS) is 26.5. The molecular formula is C12H18N2O. The van der Waals surface area contributed by atoms with Crippen LogP contribution in [-0.4, -0.2) is 22.2 Å². The number of pyridine rings is 1. The molecule has 0 saturated heterocycles. The van der Waals surface area contributed by atoms with Gasteiger partial charge >= 0.3 is 0 Å². The van der Waals surface area contributed by atoms with Gasteiger partial charge in [-0.1, -0.05) is 12.8 Å². The van der Waals surface area contributed by atoms with Crippen LogP contribution in [0.25, 0.3) is 0 Å². The highest BCUT2D eigenvalue weighted by Gasteiger charge is 2.21. The van der Waals surface area contributed by atoms with Crippen LogP contribution in [0.4, 0.5) is 0 Å². The molecule has 1 aliphatic rings. The van der Waals surface area contributed by atoms with E-state index in [0.29, 0.717) is 0 Å². The van der Waals surface area contributed by atoms with E-state index in [2.05, 4.69) is 10.3 Å². The van der Waals surface area contributed by atoms with Crippen molar-refractivity contribution >= 4 is 0 Å². The van der Waals surface area contributed by atoms with Crippen molar-refractivity contribution in [2.24, 2.45) is 0 Å². The first kappa shape index (κ1) is 10.6. The standard InChI is InChI=1S/C12H18N2O/c15-12-4-2-1-3-11(12)14-9-10-5-7-13-8-6-10/h5-8,11-12,14-15H,1-4,9H2. The predicted octanol–water partition coefficient (Wildman–Crippen LogP) is 1.47. The third-order valence-corrected chi connectivity index (χ3v) is 3.05. The molecule has 1 aromatic rings. The van der Waals surface area contributed by atoms with Crippen molar-refractivity contribution in [1.82, 2.24) is 10.3 Å². The number of nitrogens with one attached hydrogen (secondary N) is 1. The van der Waals surface area contributed by atoms with Crippen molar-refractivity contribution in [3.05, 3.63) is 30.1 Å². The fourth-order valence-corrected chi connectivity index (χ4v) is 2.10. The number of hydrogen-bond donors (Lipinski definition) is 2. The molecular weight excluding hydrogens is 188 g/mol. The Bertz CT molecular complexity index is 289. The maximum Gasteiger partial charge on any atom is 0.0693 e. The molecule has 2 N–H and O–H groups in total. The van der Waals surface area contributed by atoms with Gasteiger partial charge in [-0.25, -0.2) is 0 Å². The van der Waals surface area contributed by atoms with Crippen LogP contribution in [0, 0.1) is 0 Å². The van der Waals surface area contributed by atoms with E-state index in [1.807, 2.05) is 12.1 Å². The second kappa shape index (κ2) is 5.24.